The van der Waals surface area contributed by atoms with Gasteiger partial charge in [0.15, 0.2) is 0 Å². The van der Waals surface area contributed by atoms with Gasteiger partial charge < -0.3 is 4.90 Å². The smallest absolute Gasteiger partial charge is 0.140 e. The van der Waals surface area contributed by atoms with Gasteiger partial charge >= 0.3 is 0 Å². The zero-order valence-corrected chi connectivity index (χ0v) is 18.5. The summed E-state index contributed by atoms with van der Waals surface area (Å²) >= 11 is 1.81. The van der Waals surface area contributed by atoms with Crippen molar-refractivity contribution in [2.75, 3.05) is 31.1 Å². The summed E-state index contributed by atoms with van der Waals surface area (Å²) in [5.74, 6) is 1.14. The van der Waals surface area contributed by atoms with Crippen LogP contribution in [0.25, 0.3) is 10.2 Å². The monoisotopic (exact) mass is 410 g/mol. The normalized spacial score (nSPS) is 19.9. The average molecular weight is 411 g/mol. The van der Waals surface area contributed by atoms with E-state index in [0.717, 1.165) is 30.2 Å². The molecule has 0 amide bonds. The van der Waals surface area contributed by atoms with Crippen LogP contribution in [-0.2, 0) is 13.5 Å². The Morgan fingerprint density at radius 3 is 2.79 bits per heavy atom. The van der Waals surface area contributed by atoms with Gasteiger partial charge in [-0.2, -0.15) is 5.10 Å². The Balaban J connectivity index is 1.31. The van der Waals surface area contributed by atoms with Crippen molar-refractivity contribution in [3.63, 3.8) is 0 Å². The predicted octanol–water partition coefficient (Wildman–Crippen LogP) is 4.04. The summed E-state index contributed by atoms with van der Waals surface area (Å²) < 4.78 is 1.93. The Bertz CT molecular complexity index is 1000. The van der Waals surface area contributed by atoms with Gasteiger partial charge in [0, 0.05) is 61.3 Å². The molecule has 3 aromatic rings. The lowest BCUT2D eigenvalue weighted by molar-refractivity contribution is -0.0205. The average Bonchev–Trinajstić information content (AvgIpc) is 3.42. The lowest BCUT2D eigenvalue weighted by atomic mass is 9.77. The van der Waals surface area contributed by atoms with Gasteiger partial charge in [-0.15, -0.1) is 11.3 Å². The molecule has 2 saturated heterocycles. The van der Waals surface area contributed by atoms with Crippen LogP contribution >= 0.6 is 11.3 Å². The van der Waals surface area contributed by atoms with Crippen LogP contribution in [0.3, 0.4) is 0 Å². The Morgan fingerprint density at radius 2 is 2.07 bits per heavy atom. The number of rotatable bonds is 6. The van der Waals surface area contributed by atoms with Gasteiger partial charge in [-0.25, -0.2) is 9.97 Å². The summed E-state index contributed by atoms with van der Waals surface area (Å²) in [6.07, 6.45) is 10.7. The Morgan fingerprint density at radius 1 is 1.21 bits per heavy atom. The van der Waals surface area contributed by atoms with Crippen molar-refractivity contribution in [1.29, 1.82) is 0 Å². The molecule has 6 nitrogen and oxygen atoms in total. The first kappa shape index (κ1) is 19.0. The van der Waals surface area contributed by atoms with Gasteiger partial charge in [-0.1, -0.05) is 20.3 Å². The van der Waals surface area contributed by atoms with E-state index < -0.39 is 0 Å². The van der Waals surface area contributed by atoms with Gasteiger partial charge in [0.1, 0.15) is 17.0 Å². The molecule has 0 saturated carbocycles. The van der Waals surface area contributed by atoms with Crippen molar-refractivity contribution in [3.05, 3.63) is 35.2 Å². The van der Waals surface area contributed by atoms with E-state index >= 15 is 0 Å². The molecule has 0 radical (unpaired) electrons. The molecule has 5 heterocycles. The fraction of sp³-hybridized carbons (Fsp3) is 0.591. The van der Waals surface area contributed by atoms with E-state index in [1.807, 2.05) is 17.9 Å². The Hall–Kier alpha value is -1.99. The fourth-order valence-corrected chi connectivity index (χ4v) is 6.10. The summed E-state index contributed by atoms with van der Waals surface area (Å²) in [6.45, 7) is 9.06. The summed E-state index contributed by atoms with van der Waals surface area (Å²) in [4.78, 5) is 16.9. The highest BCUT2D eigenvalue weighted by atomic mass is 32.1. The molecule has 0 N–H and O–H groups in total. The molecular formula is C22H30N6S. The number of hydrogen-bond acceptors (Lipinski definition) is 6. The number of anilines is 1. The maximum absolute atomic E-state index is 4.69. The maximum atomic E-state index is 4.69. The van der Waals surface area contributed by atoms with Gasteiger partial charge in [-0.05, 0) is 25.3 Å². The van der Waals surface area contributed by atoms with Crippen LogP contribution in [0.5, 0.6) is 0 Å². The van der Waals surface area contributed by atoms with Crippen molar-refractivity contribution in [2.45, 2.75) is 45.6 Å². The first-order valence-corrected chi connectivity index (χ1v) is 11.6. The Labute approximate surface area is 176 Å². The van der Waals surface area contributed by atoms with Crippen molar-refractivity contribution >= 4 is 27.4 Å². The lowest BCUT2D eigenvalue weighted by Gasteiger charge is -2.51. The van der Waals surface area contributed by atoms with Crippen molar-refractivity contribution in [1.82, 2.24) is 24.6 Å². The second-order valence-corrected chi connectivity index (χ2v) is 9.93. The number of hydrogen-bond donors (Lipinski definition) is 0. The number of thiophene rings is 1. The highest BCUT2D eigenvalue weighted by molar-refractivity contribution is 7.18. The van der Waals surface area contributed by atoms with E-state index in [9.17, 15) is 0 Å². The third-order valence-corrected chi connectivity index (χ3v) is 7.82. The standard InChI is InChI=1S/C22H30N6S/c1-4-6-19(16-10-25-26(3)11-16)28-13-22(14-28)7-8-27(12-22)20-18-9-17(5-2)29-21(18)24-15-23-20/h9-11,15,19H,4-8,12-14H2,1-3H3/t19-/m1/s1. The number of nitrogens with zero attached hydrogens (tertiary/aromatic N) is 6. The maximum Gasteiger partial charge on any atom is 0.140 e. The Kier molecular flexibility index (Phi) is 4.82. The zero-order valence-electron chi connectivity index (χ0n) is 17.6. The topological polar surface area (TPSA) is 50.1 Å². The molecule has 0 bridgehead atoms. The molecule has 2 aliphatic rings. The highest BCUT2D eigenvalue weighted by Gasteiger charge is 2.50. The third kappa shape index (κ3) is 3.34. The van der Waals surface area contributed by atoms with Crippen molar-refractivity contribution < 1.29 is 0 Å². The molecule has 2 fully saturated rings. The summed E-state index contributed by atoms with van der Waals surface area (Å²) in [5.41, 5.74) is 1.77. The van der Waals surface area contributed by atoms with Crippen LogP contribution in [0.2, 0.25) is 0 Å². The number of aromatic nitrogens is 4. The second kappa shape index (κ2) is 7.36. The molecule has 1 atom stereocenters. The number of aryl methyl sites for hydroxylation is 2. The van der Waals surface area contributed by atoms with Crippen LogP contribution in [0, 0.1) is 5.41 Å². The molecule has 0 aromatic carbocycles. The lowest BCUT2D eigenvalue weighted by Crippen LogP contribution is -2.58. The molecule has 1 spiro atoms. The first-order valence-electron chi connectivity index (χ1n) is 10.8. The van der Waals surface area contributed by atoms with Crippen LogP contribution in [0.15, 0.2) is 24.8 Å². The molecule has 154 valence electrons. The SMILES string of the molecule is CCC[C@H](c1cnn(C)c1)N1CC2(CCN(c3ncnc4sc(CC)cc34)C2)C1. The van der Waals surface area contributed by atoms with E-state index in [-0.39, 0.29) is 0 Å². The van der Waals surface area contributed by atoms with Gasteiger partial charge in [-0.3, -0.25) is 9.58 Å². The van der Waals surface area contributed by atoms with Crippen LogP contribution in [0.1, 0.15) is 49.6 Å². The van der Waals surface area contributed by atoms with Crippen LogP contribution in [-0.4, -0.2) is 50.8 Å². The van der Waals surface area contributed by atoms with Crippen molar-refractivity contribution in [3.8, 4) is 0 Å². The van der Waals surface area contributed by atoms with Gasteiger partial charge in [0.05, 0.1) is 11.6 Å². The molecular weight excluding hydrogens is 380 g/mol. The largest absolute Gasteiger partial charge is 0.355 e. The predicted molar refractivity (Wildman–Crippen MR) is 118 cm³/mol. The van der Waals surface area contributed by atoms with Crippen LogP contribution < -0.4 is 4.90 Å². The van der Waals surface area contributed by atoms with Gasteiger partial charge in [0.25, 0.3) is 0 Å². The minimum Gasteiger partial charge on any atom is -0.355 e. The summed E-state index contributed by atoms with van der Waals surface area (Å²) in [5, 5.41) is 5.65. The first-order chi connectivity index (χ1) is 14.1. The highest BCUT2D eigenvalue weighted by Crippen LogP contribution is 2.46. The number of likely N-dealkylation sites (tertiary alicyclic amines) is 1. The van der Waals surface area contributed by atoms with E-state index in [4.69, 9.17) is 4.98 Å². The second-order valence-electron chi connectivity index (χ2n) is 8.81. The van der Waals surface area contributed by atoms with E-state index in [1.165, 1.54) is 48.2 Å². The molecule has 0 aliphatic carbocycles. The minimum atomic E-state index is 0.412. The molecule has 3 aromatic heterocycles. The molecule has 2 aliphatic heterocycles. The molecule has 5 rings (SSSR count). The van der Waals surface area contributed by atoms with Gasteiger partial charge in [0.2, 0.25) is 0 Å². The minimum absolute atomic E-state index is 0.412. The fourth-order valence-electron chi connectivity index (χ4n) is 5.17. The number of fused-ring (bicyclic) bond motifs is 1. The third-order valence-electron chi connectivity index (χ3n) is 6.64. The zero-order chi connectivity index (χ0) is 20.0. The molecule has 29 heavy (non-hydrogen) atoms. The summed E-state index contributed by atoms with van der Waals surface area (Å²) in [6, 6.07) is 2.80. The van der Waals surface area contributed by atoms with E-state index in [1.54, 1.807) is 17.7 Å². The van der Waals surface area contributed by atoms with E-state index in [0.29, 0.717) is 11.5 Å². The molecule has 7 heteroatoms. The van der Waals surface area contributed by atoms with Crippen LogP contribution in [0.4, 0.5) is 5.82 Å². The van der Waals surface area contributed by atoms with Crippen molar-refractivity contribution in [2.24, 2.45) is 12.5 Å². The molecule has 0 unspecified atom stereocenters. The quantitative estimate of drug-likeness (QED) is 0.614. The van der Waals surface area contributed by atoms with E-state index in [2.05, 4.69) is 46.0 Å². The summed E-state index contributed by atoms with van der Waals surface area (Å²) in [7, 11) is 2.01.